The molecule has 1 aromatic rings. The smallest absolute Gasteiger partial charge is 0.129 e. The first kappa shape index (κ1) is 17.1. The van der Waals surface area contributed by atoms with E-state index in [2.05, 4.69) is 19.2 Å². The molecule has 5 heteroatoms. The first-order chi connectivity index (χ1) is 10.1. The summed E-state index contributed by atoms with van der Waals surface area (Å²) in [5.41, 5.74) is 0.217. The van der Waals surface area contributed by atoms with E-state index in [1.807, 2.05) is 23.5 Å². The summed E-state index contributed by atoms with van der Waals surface area (Å²) in [5, 5.41) is 4.41. The molecule has 1 N–H and O–H groups in total. The molecule has 0 radical (unpaired) electrons. The van der Waals surface area contributed by atoms with Gasteiger partial charge in [-0.15, -0.1) is 0 Å². The van der Waals surface area contributed by atoms with Crippen LogP contribution in [0.2, 0.25) is 0 Å². The van der Waals surface area contributed by atoms with Gasteiger partial charge in [0, 0.05) is 33.6 Å². The zero-order chi connectivity index (χ0) is 15.2. The standard InChI is InChI=1S/C16H23F2NS2/c1-3-7-19-15(16-11(2)20-8-9-21-16)10-12-13(17)5-4-6-14(12)18/h4-6,11,15-16,19H,3,7-10H2,1-2H3. The Morgan fingerprint density at radius 2 is 1.90 bits per heavy atom. The molecule has 3 atom stereocenters. The van der Waals surface area contributed by atoms with E-state index in [0.717, 1.165) is 24.5 Å². The molecule has 1 fully saturated rings. The van der Waals surface area contributed by atoms with Crippen molar-refractivity contribution in [3.8, 4) is 0 Å². The highest BCUT2D eigenvalue weighted by atomic mass is 32.2. The number of hydrogen-bond acceptors (Lipinski definition) is 3. The van der Waals surface area contributed by atoms with Gasteiger partial charge in [-0.2, -0.15) is 23.5 Å². The van der Waals surface area contributed by atoms with Crippen molar-refractivity contribution in [1.29, 1.82) is 0 Å². The van der Waals surface area contributed by atoms with Gasteiger partial charge in [0.05, 0.1) is 0 Å². The molecule has 1 aliphatic rings. The second-order valence-electron chi connectivity index (χ2n) is 5.38. The quantitative estimate of drug-likeness (QED) is 0.842. The fourth-order valence-corrected chi connectivity index (χ4v) is 5.63. The topological polar surface area (TPSA) is 12.0 Å². The number of halogens is 2. The highest BCUT2D eigenvalue weighted by molar-refractivity contribution is 8.07. The molecule has 1 aliphatic heterocycles. The summed E-state index contributed by atoms with van der Waals surface area (Å²) in [7, 11) is 0. The van der Waals surface area contributed by atoms with Crippen LogP contribution in [0, 0.1) is 11.6 Å². The predicted molar refractivity (Wildman–Crippen MR) is 90.3 cm³/mol. The fraction of sp³-hybridized carbons (Fsp3) is 0.625. The van der Waals surface area contributed by atoms with Crippen LogP contribution in [0.5, 0.6) is 0 Å². The second-order valence-corrected chi connectivity index (χ2v) is 8.15. The number of benzene rings is 1. The molecular weight excluding hydrogens is 308 g/mol. The minimum absolute atomic E-state index is 0.115. The first-order valence-corrected chi connectivity index (χ1v) is 9.62. The molecule has 2 rings (SSSR count). The van der Waals surface area contributed by atoms with E-state index in [1.165, 1.54) is 18.2 Å². The Morgan fingerprint density at radius 1 is 1.24 bits per heavy atom. The summed E-state index contributed by atoms with van der Waals surface area (Å²) in [5.74, 6) is 1.42. The van der Waals surface area contributed by atoms with Gasteiger partial charge in [-0.1, -0.05) is 19.9 Å². The van der Waals surface area contributed by atoms with Gasteiger partial charge in [-0.05, 0) is 31.5 Å². The van der Waals surface area contributed by atoms with Crippen LogP contribution in [0.3, 0.4) is 0 Å². The highest BCUT2D eigenvalue weighted by Crippen LogP contribution is 2.34. The molecule has 0 amide bonds. The fourth-order valence-electron chi connectivity index (χ4n) is 2.67. The maximum absolute atomic E-state index is 13.9. The molecule has 0 bridgehead atoms. The third-order valence-corrected chi connectivity index (χ3v) is 7.03. The maximum Gasteiger partial charge on any atom is 0.129 e. The largest absolute Gasteiger partial charge is 0.313 e. The van der Waals surface area contributed by atoms with Crippen LogP contribution in [0.1, 0.15) is 25.8 Å². The van der Waals surface area contributed by atoms with E-state index < -0.39 is 11.6 Å². The third-order valence-electron chi connectivity index (χ3n) is 3.78. The van der Waals surface area contributed by atoms with Gasteiger partial charge in [0.15, 0.2) is 0 Å². The van der Waals surface area contributed by atoms with Crippen LogP contribution in [-0.4, -0.2) is 34.6 Å². The molecule has 0 aliphatic carbocycles. The SMILES string of the molecule is CCCNC(Cc1c(F)cccc1F)C1SCCSC1C. The number of rotatable bonds is 6. The number of nitrogens with one attached hydrogen (secondary N) is 1. The number of hydrogen-bond donors (Lipinski definition) is 1. The zero-order valence-electron chi connectivity index (χ0n) is 12.6. The Labute approximate surface area is 134 Å². The Morgan fingerprint density at radius 3 is 2.52 bits per heavy atom. The van der Waals surface area contributed by atoms with Gasteiger partial charge >= 0.3 is 0 Å². The van der Waals surface area contributed by atoms with Crippen molar-refractivity contribution >= 4 is 23.5 Å². The minimum atomic E-state index is -0.431. The third kappa shape index (κ3) is 4.60. The van der Waals surface area contributed by atoms with Crippen molar-refractivity contribution in [2.24, 2.45) is 0 Å². The van der Waals surface area contributed by atoms with E-state index in [-0.39, 0.29) is 11.6 Å². The van der Waals surface area contributed by atoms with Crippen LogP contribution < -0.4 is 5.32 Å². The van der Waals surface area contributed by atoms with Crippen LogP contribution in [0.25, 0.3) is 0 Å². The second kappa shape index (κ2) is 8.39. The van der Waals surface area contributed by atoms with E-state index in [9.17, 15) is 8.78 Å². The summed E-state index contributed by atoms with van der Waals surface area (Å²) in [6.07, 6.45) is 1.44. The minimum Gasteiger partial charge on any atom is -0.313 e. The molecule has 1 nitrogen and oxygen atoms in total. The monoisotopic (exact) mass is 331 g/mol. The molecule has 1 heterocycles. The van der Waals surface area contributed by atoms with Crippen molar-refractivity contribution in [1.82, 2.24) is 5.32 Å². The molecule has 1 aromatic carbocycles. The molecule has 0 saturated carbocycles. The molecule has 3 unspecified atom stereocenters. The van der Waals surface area contributed by atoms with Gasteiger partial charge in [0.2, 0.25) is 0 Å². The lowest BCUT2D eigenvalue weighted by atomic mass is 10.00. The summed E-state index contributed by atoms with van der Waals surface area (Å²) >= 11 is 3.89. The lowest BCUT2D eigenvalue weighted by molar-refractivity contribution is 0.462. The van der Waals surface area contributed by atoms with Crippen molar-refractivity contribution < 1.29 is 8.78 Å². The van der Waals surface area contributed by atoms with E-state index >= 15 is 0 Å². The summed E-state index contributed by atoms with van der Waals surface area (Å²) in [4.78, 5) is 0. The van der Waals surface area contributed by atoms with Crippen molar-refractivity contribution in [2.45, 2.75) is 43.2 Å². The average Bonchev–Trinajstić information content (AvgIpc) is 2.47. The lowest BCUT2D eigenvalue weighted by Crippen LogP contribution is -2.46. The Kier molecular flexibility index (Phi) is 6.83. The Balaban J connectivity index is 2.15. The Bertz CT molecular complexity index is 436. The van der Waals surface area contributed by atoms with Crippen LogP contribution in [0.15, 0.2) is 18.2 Å². The molecule has 1 saturated heterocycles. The molecule has 0 spiro atoms. The zero-order valence-corrected chi connectivity index (χ0v) is 14.2. The van der Waals surface area contributed by atoms with Crippen LogP contribution in [0.4, 0.5) is 8.78 Å². The molecular formula is C16H23F2NS2. The van der Waals surface area contributed by atoms with Crippen LogP contribution in [-0.2, 0) is 6.42 Å². The molecule has 21 heavy (non-hydrogen) atoms. The average molecular weight is 331 g/mol. The van der Waals surface area contributed by atoms with E-state index in [4.69, 9.17) is 0 Å². The van der Waals surface area contributed by atoms with Gasteiger partial charge < -0.3 is 5.32 Å². The van der Waals surface area contributed by atoms with E-state index in [1.54, 1.807) is 0 Å². The highest BCUT2D eigenvalue weighted by Gasteiger charge is 2.31. The van der Waals surface area contributed by atoms with Gasteiger partial charge in [-0.3, -0.25) is 0 Å². The maximum atomic E-state index is 13.9. The molecule has 0 aromatic heterocycles. The summed E-state index contributed by atoms with van der Waals surface area (Å²) < 4.78 is 27.8. The van der Waals surface area contributed by atoms with Gasteiger partial charge in [-0.25, -0.2) is 8.78 Å². The Hall–Kier alpha value is -0.260. The van der Waals surface area contributed by atoms with Crippen molar-refractivity contribution in [2.75, 3.05) is 18.1 Å². The summed E-state index contributed by atoms with van der Waals surface area (Å²) in [6.45, 7) is 5.22. The normalized spacial score (nSPS) is 24.0. The number of thioether (sulfide) groups is 2. The molecule has 118 valence electrons. The predicted octanol–water partition coefficient (Wildman–Crippen LogP) is 4.11. The van der Waals surface area contributed by atoms with Gasteiger partial charge in [0.1, 0.15) is 11.6 Å². The lowest BCUT2D eigenvalue weighted by Gasteiger charge is -2.35. The van der Waals surface area contributed by atoms with Crippen molar-refractivity contribution in [3.63, 3.8) is 0 Å². The first-order valence-electron chi connectivity index (χ1n) is 7.53. The summed E-state index contributed by atoms with van der Waals surface area (Å²) in [6, 6.07) is 4.24. The van der Waals surface area contributed by atoms with Crippen molar-refractivity contribution in [3.05, 3.63) is 35.4 Å². The van der Waals surface area contributed by atoms with E-state index in [0.29, 0.717) is 16.9 Å². The van der Waals surface area contributed by atoms with Gasteiger partial charge in [0.25, 0.3) is 0 Å². The van der Waals surface area contributed by atoms with Crippen LogP contribution >= 0.6 is 23.5 Å².